The topological polar surface area (TPSA) is 55.7 Å². The second-order valence-corrected chi connectivity index (χ2v) is 2.62. The summed E-state index contributed by atoms with van der Waals surface area (Å²) >= 11 is 1.13. The van der Waals surface area contributed by atoms with Crippen LogP contribution in [0.1, 0.15) is 25.6 Å². The molecule has 0 saturated heterocycles. The smallest absolute Gasteiger partial charge is 0.247 e. The van der Waals surface area contributed by atoms with E-state index >= 15 is 0 Å². The number of nitrogens with two attached hydrogens (primary N) is 1. The van der Waals surface area contributed by atoms with Gasteiger partial charge in [-0.05, 0) is 4.79 Å². The van der Waals surface area contributed by atoms with Crippen LogP contribution in [0.4, 0.5) is 0 Å². The highest BCUT2D eigenvalue weighted by Gasteiger charge is 2.17. The highest BCUT2D eigenvalue weighted by molar-refractivity contribution is 6.98. The average molecular weight is 145 g/mol. The van der Waals surface area contributed by atoms with Crippen LogP contribution in [0.5, 0.6) is 0 Å². The first-order valence-electron chi connectivity index (χ1n) is 2.71. The van der Waals surface area contributed by atoms with Crippen molar-refractivity contribution in [2.75, 3.05) is 5.84 Å². The summed E-state index contributed by atoms with van der Waals surface area (Å²) in [7, 11) is 0. The molecule has 1 rings (SSSR count). The molecule has 5 heteroatoms. The highest BCUT2D eigenvalue weighted by atomic mass is 32.1. The molecule has 0 radical (unpaired) electrons. The Bertz CT molecular complexity index is 194. The van der Waals surface area contributed by atoms with Crippen molar-refractivity contribution in [1.82, 2.24) is 8.86 Å². The molecule has 0 amide bonds. The number of aromatic nitrogens is 3. The summed E-state index contributed by atoms with van der Waals surface area (Å²) in [6.45, 7) is 4.06. The molecule has 0 bridgehead atoms. The monoisotopic (exact) mass is 145 g/mol. The summed E-state index contributed by atoms with van der Waals surface area (Å²) in [4.78, 5) is 1.31. The van der Waals surface area contributed by atoms with Crippen LogP contribution in [-0.2, 0) is 0 Å². The molecular formula is C4H9N4S+. The fraction of sp³-hybridized carbons (Fsp3) is 0.750. The minimum Gasteiger partial charge on any atom is -0.247 e. The van der Waals surface area contributed by atoms with E-state index in [-0.39, 0.29) is 0 Å². The lowest BCUT2D eigenvalue weighted by molar-refractivity contribution is -0.702. The van der Waals surface area contributed by atoms with Gasteiger partial charge in [0.15, 0.2) is 0 Å². The van der Waals surface area contributed by atoms with Gasteiger partial charge in [0.05, 0.1) is 5.92 Å². The van der Waals surface area contributed by atoms with Gasteiger partial charge in [0.1, 0.15) is 0 Å². The second kappa shape index (κ2) is 2.26. The van der Waals surface area contributed by atoms with Gasteiger partial charge in [0.2, 0.25) is 11.7 Å². The van der Waals surface area contributed by atoms with Crippen molar-refractivity contribution in [1.29, 1.82) is 0 Å². The molecule has 0 saturated carbocycles. The minimum atomic E-state index is 0.355. The summed E-state index contributed by atoms with van der Waals surface area (Å²) in [5.41, 5.74) is 0. The fourth-order valence-corrected chi connectivity index (χ4v) is 1.13. The standard InChI is InChI=1S/C4H9N4S/c1-3(2)4-6-9-7-8(4)5/h3H,1-2H3,(H2,5,7)/q+1. The first-order chi connectivity index (χ1) is 4.22. The number of rotatable bonds is 1. The number of nitrogens with zero attached hydrogens (tertiary/aromatic N) is 3. The molecule has 0 fully saturated rings. The van der Waals surface area contributed by atoms with Gasteiger partial charge in [-0.15, -0.1) is 0 Å². The summed E-state index contributed by atoms with van der Waals surface area (Å²) in [5.74, 6) is 6.58. The molecule has 0 atom stereocenters. The first kappa shape index (κ1) is 6.41. The van der Waals surface area contributed by atoms with Gasteiger partial charge >= 0.3 is 5.82 Å². The van der Waals surface area contributed by atoms with E-state index in [4.69, 9.17) is 5.84 Å². The summed E-state index contributed by atoms with van der Waals surface area (Å²) < 4.78 is 7.75. The fourth-order valence-electron chi connectivity index (χ4n) is 0.553. The average Bonchev–Trinajstić information content (AvgIpc) is 2.13. The Morgan fingerprint density at radius 2 is 2.33 bits per heavy atom. The SMILES string of the molecule is CC(C)c1nsn[n+]1N. The predicted molar refractivity (Wildman–Crippen MR) is 34.3 cm³/mol. The maximum absolute atomic E-state index is 5.39. The molecule has 0 aromatic carbocycles. The van der Waals surface area contributed by atoms with Crippen LogP contribution in [0.3, 0.4) is 0 Å². The molecule has 1 heterocycles. The largest absolute Gasteiger partial charge is 0.362 e. The lowest BCUT2D eigenvalue weighted by Gasteiger charge is -1.88. The van der Waals surface area contributed by atoms with Crippen LogP contribution < -0.4 is 10.6 Å². The molecule has 1 aromatic heterocycles. The molecule has 9 heavy (non-hydrogen) atoms. The first-order valence-corrected chi connectivity index (χ1v) is 3.44. The zero-order valence-electron chi connectivity index (χ0n) is 5.40. The zero-order chi connectivity index (χ0) is 6.85. The Morgan fingerprint density at radius 1 is 1.67 bits per heavy atom. The predicted octanol–water partition coefficient (Wildman–Crippen LogP) is -0.337. The molecule has 0 aliphatic rings. The van der Waals surface area contributed by atoms with Gasteiger partial charge in [-0.2, -0.15) is 0 Å². The van der Waals surface area contributed by atoms with Crippen LogP contribution >= 0.6 is 11.7 Å². The van der Waals surface area contributed by atoms with Gasteiger partial charge < -0.3 is 0 Å². The Balaban J connectivity index is 2.94. The molecule has 50 valence electrons. The van der Waals surface area contributed by atoms with Crippen LogP contribution in [0.2, 0.25) is 0 Å². The van der Waals surface area contributed by atoms with Crippen LogP contribution in [0, 0.1) is 0 Å². The second-order valence-electron chi connectivity index (χ2n) is 2.11. The van der Waals surface area contributed by atoms with E-state index in [1.54, 1.807) is 0 Å². The quantitative estimate of drug-likeness (QED) is 0.434. The molecule has 0 unspecified atom stereocenters. The Hall–Kier alpha value is -0.710. The third kappa shape index (κ3) is 1.16. The van der Waals surface area contributed by atoms with E-state index in [0.717, 1.165) is 17.6 Å². The van der Waals surface area contributed by atoms with E-state index in [0.29, 0.717) is 5.92 Å². The maximum atomic E-state index is 5.39. The number of hydrogen-bond acceptors (Lipinski definition) is 4. The normalized spacial score (nSPS) is 10.6. The highest BCUT2D eigenvalue weighted by Crippen LogP contribution is 2.03. The lowest BCUT2D eigenvalue weighted by atomic mass is 10.2. The van der Waals surface area contributed by atoms with Crippen molar-refractivity contribution in [3.8, 4) is 0 Å². The molecule has 2 N–H and O–H groups in total. The Labute approximate surface area is 57.6 Å². The third-order valence-electron chi connectivity index (χ3n) is 1.01. The van der Waals surface area contributed by atoms with E-state index in [2.05, 4.69) is 8.86 Å². The van der Waals surface area contributed by atoms with E-state index in [9.17, 15) is 0 Å². The number of nitrogen functional groups attached to an aromatic ring is 1. The lowest BCUT2D eigenvalue weighted by Crippen LogP contribution is -2.49. The number of hydrogen-bond donors (Lipinski definition) is 1. The van der Waals surface area contributed by atoms with Gasteiger partial charge in [-0.1, -0.05) is 13.8 Å². The van der Waals surface area contributed by atoms with Crippen molar-refractivity contribution in [2.45, 2.75) is 19.8 Å². The molecule has 1 aromatic rings. The van der Waals surface area contributed by atoms with E-state index < -0.39 is 0 Å². The molecule has 0 aliphatic heterocycles. The zero-order valence-corrected chi connectivity index (χ0v) is 6.22. The Kier molecular flexibility index (Phi) is 1.61. The summed E-state index contributed by atoms with van der Waals surface area (Å²) in [5, 5.41) is 0. The van der Waals surface area contributed by atoms with Crippen molar-refractivity contribution in [3.63, 3.8) is 0 Å². The van der Waals surface area contributed by atoms with E-state index in [1.165, 1.54) is 4.79 Å². The maximum Gasteiger partial charge on any atom is 0.362 e. The van der Waals surface area contributed by atoms with Gasteiger partial charge in [0, 0.05) is 8.86 Å². The summed E-state index contributed by atoms with van der Waals surface area (Å²) in [6, 6.07) is 0. The van der Waals surface area contributed by atoms with Gasteiger partial charge in [0.25, 0.3) is 0 Å². The van der Waals surface area contributed by atoms with Crippen molar-refractivity contribution >= 4 is 11.7 Å². The van der Waals surface area contributed by atoms with Gasteiger partial charge in [-0.25, -0.2) is 5.84 Å². The Morgan fingerprint density at radius 3 is 2.56 bits per heavy atom. The van der Waals surface area contributed by atoms with Crippen molar-refractivity contribution in [2.24, 2.45) is 0 Å². The molecular weight excluding hydrogens is 136 g/mol. The van der Waals surface area contributed by atoms with Crippen LogP contribution in [-0.4, -0.2) is 8.86 Å². The van der Waals surface area contributed by atoms with Crippen LogP contribution in [0.15, 0.2) is 0 Å². The molecule has 0 aliphatic carbocycles. The molecule has 0 spiro atoms. The van der Waals surface area contributed by atoms with E-state index in [1.807, 2.05) is 13.8 Å². The minimum absolute atomic E-state index is 0.355. The third-order valence-corrected chi connectivity index (χ3v) is 1.53. The molecule has 4 nitrogen and oxygen atoms in total. The van der Waals surface area contributed by atoms with Crippen molar-refractivity contribution < 1.29 is 4.79 Å². The van der Waals surface area contributed by atoms with Gasteiger partial charge in [-0.3, -0.25) is 0 Å². The van der Waals surface area contributed by atoms with Crippen LogP contribution in [0.25, 0.3) is 0 Å². The van der Waals surface area contributed by atoms with Crippen molar-refractivity contribution in [3.05, 3.63) is 5.82 Å². The summed E-state index contributed by atoms with van der Waals surface area (Å²) in [6.07, 6.45) is 0.